The highest BCUT2D eigenvalue weighted by atomic mass is 127. The monoisotopic (exact) mass is 342 g/mol. The Morgan fingerprint density at radius 1 is 1.58 bits per heavy atom. The van der Waals surface area contributed by atoms with Crippen LogP contribution < -0.4 is 0 Å². The van der Waals surface area contributed by atoms with Crippen molar-refractivity contribution < 1.29 is 9.18 Å². The molecule has 0 atom stereocenters. The van der Waals surface area contributed by atoms with Crippen molar-refractivity contribution in [2.24, 2.45) is 0 Å². The molecule has 1 rings (SSSR count). The minimum atomic E-state index is -0.477. The first-order valence-corrected chi connectivity index (χ1v) is 5.05. The van der Waals surface area contributed by atoms with E-state index in [1.54, 1.807) is 6.07 Å². The van der Waals surface area contributed by atoms with Gasteiger partial charge in [0, 0.05) is 8.04 Å². The first-order chi connectivity index (χ1) is 5.54. The van der Waals surface area contributed by atoms with Gasteiger partial charge in [-0.3, -0.25) is 4.79 Å². The summed E-state index contributed by atoms with van der Waals surface area (Å²) >= 11 is 5.20. The van der Waals surface area contributed by atoms with E-state index in [0.29, 0.717) is 4.47 Å². The Hall–Kier alpha value is 0.0300. The molecule has 0 heterocycles. The van der Waals surface area contributed by atoms with E-state index in [0.717, 1.165) is 3.57 Å². The van der Waals surface area contributed by atoms with Crippen LogP contribution in [0.25, 0.3) is 0 Å². The van der Waals surface area contributed by atoms with Crippen molar-refractivity contribution in [1.29, 1.82) is 0 Å². The fourth-order valence-corrected chi connectivity index (χ4v) is 1.90. The third-order valence-electron chi connectivity index (χ3n) is 1.40. The van der Waals surface area contributed by atoms with E-state index in [4.69, 9.17) is 0 Å². The van der Waals surface area contributed by atoms with Crippen molar-refractivity contribution in [2.45, 2.75) is 6.92 Å². The van der Waals surface area contributed by atoms with Crippen LogP contribution in [0.3, 0.4) is 0 Å². The van der Waals surface area contributed by atoms with Gasteiger partial charge in [0.05, 0.1) is 5.56 Å². The maximum atomic E-state index is 13.0. The Morgan fingerprint density at radius 3 is 2.58 bits per heavy atom. The number of Topliss-reactive ketones (excluding diaryl/α,β-unsaturated/α-hetero) is 1. The molecule has 1 nitrogen and oxygen atoms in total. The number of benzene rings is 1. The first kappa shape index (κ1) is 10.1. The average Bonchev–Trinajstić information content (AvgIpc) is 1.97. The lowest BCUT2D eigenvalue weighted by Crippen LogP contribution is -1.99. The molecular weight excluding hydrogens is 338 g/mol. The normalized spacial score (nSPS) is 10.0. The van der Waals surface area contributed by atoms with Gasteiger partial charge in [-0.15, -0.1) is 0 Å². The van der Waals surface area contributed by atoms with Crippen molar-refractivity contribution in [1.82, 2.24) is 0 Å². The quantitative estimate of drug-likeness (QED) is 0.434. The third kappa shape index (κ3) is 1.85. The van der Waals surface area contributed by atoms with Crippen molar-refractivity contribution in [3.05, 3.63) is 31.6 Å². The molecule has 0 N–H and O–H groups in total. The van der Waals surface area contributed by atoms with Crippen LogP contribution >= 0.6 is 38.5 Å². The molecule has 0 aliphatic rings. The molecule has 1 aromatic carbocycles. The van der Waals surface area contributed by atoms with E-state index in [9.17, 15) is 9.18 Å². The predicted octanol–water partition coefficient (Wildman–Crippen LogP) is 3.40. The molecule has 4 heteroatoms. The minimum absolute atomic E-state index is 0.127. The molecule has 64 valence electrons. The largest absolute Gasteiger partial charge is 0.294 e. The van der Waals surface area contributed by atoms with Gasteiger partial charge >= 0.3 is 0 Å². The molecule has 0 fully saturated rings. The van der Waals surface area contributed by atoms with Crippen molar-refractivity contribution >= 4 is 44.3 Å². The van der Waals surface area contributed by atoms with Crippen LogP contribution in [0.1, 0.15) is 17.3 Å². The van der Waals surface area contributed by atoms with E-state index in [1.165, 1.54) is 13.0 Å². The van der Waals surface area contributed by atoms with Crippen molar-refractivity contribution in [3.63, 3.8) is 0 Å². The van der Waals surface area contributed by atoms with Gasteiger partial charge in [0.1, 0.15) is 5.82 Å². The maximum Gasteiger partial charge on any atom is 0.163 e. The molecule has 12 heavy (non-hydrogen) atoms. The molecule has 0 bridgehead atoms. The lowest BCUT2D eigenvalue weighted by molar-refractivity contribution is 0.101. The molecule has 0 aromatic heterocycles. The second-order valence-electron chi connectivity index (χ2n) is 2.27. The third-order valence-corrected chi connectivity index (χ3v) is 3.86. The lowest BCUT2D eigenvalue weighted by atomic mass is 10.1. The highest BCUT2D eigenvalue weighted by molar-refractivity contribution is 14.1. The van der Waals surface area contributed by atoms with Crippen LogP contribution in [0, 0.1) is 9.39 Å². The summed E-state index contributed by atoms with van der Waals surface area (Å²) in [5, 5.41) is 0. The predicted molar refractivity (Wildman–Crippen MR) is 56.8 cm³/mol. The summed E-state index contributed by atoms with van der Waals surface area (Å²) < 4.78 is 14.4. The van der Waals surface area contributed by atoms with Gasteiger partial charge in [0.25, 0.3) is 0 Å². The fourth-order valence-electron chi connectivity index (χ4n) is 0.850. The standard InChI is InChI=1S/C8H5BrFIO/c1-4(12)7-5(10)2-3-6(11)8(7)9/h2-3H,1H3. The van der Waals surface area contributed by atoms with Crippen LogP contribution in [-0.2, 0) is 0 Å². The van der Waals surface area contributed by atoms with Crippen LogP contribution in [0.15, 0.2) is 16.6 Å². The van der Waals surface area contributed by atoms with E-state index in [1.807, 2.05) is 22.6 Å². The Morgan fingerprint density at radius 2 is 2.17 bits per heavy atom. The molecule has 0 unspecified atom stereocenters. The summed E-state index contributed by atoms with van der Waals surface area (Å²) in [6.07, 6.45) is 0. The second-order valence-corrected chi connectivity index (χ2v) is 4.23. The topological polar surface area (TPSA) is 17.1 Å². The van der Waals surface area contributed by atoms with Crippen molar-refractivity contribution in [3.8, 4) is 0 Å². The SMILES string of the molecule is CC(=O)c1c(F)ccc(I)c1Br. The van der Waals surface area contributed by atoms with Gasteiger partial charge in [-0.1, -0.05) is 0 Å². The van der Waals surface area contributed by atoms with E-state index >= 15 is 0 Å². The summed E-state index contributed by atoms with van der Waals surface area (Å²) in [5.41, 5.74) is 0.127. The average molecular weight is 343 g/mol. The fraction of sp³-hybridized carbons (Fsp3) is 0.125. The number of carbonyl (C=O) groups is 1. The highest BCUT2D eigenvalue weighted by Crippen LogP contribution is 2.25. The molecule has 0 saturated heterocycles. The smallest absolute Gasteiger partial charge is 0.163 e. The summed E-state index contributed by atoms with van der Waals surface area (Å²) in [7, 11) is 0. The zero-order chi connectivity index (χ0) is 9.30. The number of halogens is 3. The number of hydrogen-bond donors (Lipinski definition) is 0. The Labute approximate surface area is 91.6 Å². The number of ketones is 1. The molecule has 0 radical (unpaired) electrons. The molecule has 0 saturated carbocycles. The lowest BCUT2D eigenvalue weighted by Gasteiger charge is -2.03. The van der Waals surface area contributed by atoms with Crippen LogP contribution in [-0.4, -0.2) is 5.78 Å². The molecule has 0 amide bonds. The zero-order valence-corrected chi connectivity index (χ0v) is 9.94. The summed E-state index contributed by atoms with van der Waals surface area (Å²) in [6.45, 7) is 1.35. The van der Waals surface area contributed by atoms with Crippen LogP contribution in [0.4, 0.5) is 4.39 Å². The first-order valence-electron chi connectivity index (χ1n) is 3.18. The molecule has 0 spiro atoms. The van der Waals surface area contributed by atoms with Crippen molar-refractivity contribution in [2.75, 3.05) is 0 Å². The van der Waals surface area contributed by atoms with Gasteiger partial charge in [-0.05, 0) is 57.6 Å². The van der Waals surface area contributed by atoms with Gasteiger partial charge in [-0.2, -0.15) is 0 Å². The zero-order valence-electron chi connectivity index (χ0n) is 6.20. The summed E-state index contributed by atoms with van der Waals surface area (Å²) in [5.74, 6) is -0.743. The number of rotatable bonds is 1. The van der Waals surface area contributed by atoms with Gasteiger partial charge in [-0.25, -0.2) is 4.39 Å². The summed E-state index contributed by atoms with van der Waals surface area (Å²) in [6, 6.07) is 2.91. The minimum Gasteiger partial charge on any atom is -0.294 e. The highest BCUT2D eigenvalue weighted by Gasteiger charge is 2.13. The Kier molecular flexibility index (Phi) is 3.22. The molecular formula is C8H5BrFIO. The molecule has 0 aliphatic heterocycles. The van der Waals surface area contributed by atoms with E-state index in [-0.39, 0.29) is 11.3 Å². The van der Waals surface area contributed by atoms with Gasteiger partial charge in [0.15, 0.2) is 5.78 Å². The van der Waals surface area contributed by atoms with Gasteiger partial charge < -0.3 is 0 Å². The maximum absolute atomic E-state index is 13.0. The second kappa shape index (κ2) is 3.83. The molecule has 0 aliphatic carbocycles. The van der Waals surface area contributed by atoms with Crippen LogP contribution in [0.5, 0.6) is 0 Å². The number of carbonyl (C=O) groups excluding carboxylic acids is 1. The van der Waals surface area contributed by atoms with E-state index in [2.05, 4.69) is 15.9 Å². The van der Waals surface area contributed by atoms with E-state index < -0.39 is 5.82 Å². The van der Waals surface area contributed by atoms with Crippen LogP contribution in [0.2, 0.25) is 0 Å². The summed E-state index contributed by atoms with van der Waals surface area (Å²) in [4.78, 5) is 11.0. The number of hydrogen-bond acceptors (Lipinski definition) is 1. The Bertz CT molecular complexity index is 338. The molecule has 1 aromatic rings. The Balaban J connectivity index is 3.43. The van der Waals surface area contributed by atoms with Gasteiger partial charge in [0.2, 0.25) is 0 Å².